The zero-order chi connectivity index (χ0) is 26.6. The summed E-state index contributed by atoms with van der Waals surface area (Å²) >= 11 is 0. The summed E-state index contributed by atoms with van der Waals surface area (Å²) in [7, 11) is 3.39. The lowest BCUT2D eigenvalue weighted by Crippen LogP contribution is -2.51. The van der Waals surface area contributed by atoms with Crippen LogP contribution in [0.4, 0.5) is 4.79 Å². The number of methoxy groups -OCH3 is 2. The maximum absolute atomic E-state index is 13.8. The molecule has 2 amide bonds. The quantitative estimate of drug-likeness (QED) is 0.445. The molecule has 5 rings (SSSR count). The van der Waals surface area contributed by atoms with E-state index in [0.717, 1.165) is 54.0 Å². The van der Waals surface area contributed by atoms with Crippen LogP contribution in [0.3, 0.4) is 0 Å². The molecule has 0 spiro atoms. The first kappa shape index (κ1) is 26.2. The van der Waals surface area contributed by atoms with Gasteiger partial charge in [0.1, 0.15) is 5.75 Å². The molecule has 8 nitrogen and oxygen atoms in total. The first-order chi connectivity index (χ1) is 18.6. The Labute approximate surface area is 224 Å². The average molecular weight is 522 g/mol. The average Bonchev–Trinajstić information content (AvgIpc) is 3.38. The number of ether oxygens (including phenoxy) is 4. The van der Waals surface area contributed by atoms with Crippen LogP contribution < -0.4 is 14.2 Å². The number of nitrogens with zero attached hydrogens (tertiary/aromatic N) is 2. The Morgan fingerprint density at radius 2 is 1.84 bits per heavy atom. The summed E-state index contributed by atoms with van der Waals surface area (Å²) in [6.45, 7) is 7.79. The van der Waals surface area contributed by atoms with Crippen LogP contribution in [0.15, 0.2) is 30.5 Å². The molecule has 0 saturated carbocycles. The number of morpholine rings is 1. The second-order valence-electron chi connectivity index (χ2n) is 9.89. The molecule has 3 aromatic rings. The zero-order valence-electron chi connectivity index (χ0n) is 23.0. The minimum absolute atomic E-state index is 0.0691. The second-order valence-corrected chi connectivity index (χ2v) is 9.89. The molecule has 204 valence electrons. The molecule has 1 saturated heterocycles. The van der Waals surface area contributed by atoms with E-state index in [2.05, 4.69) is 47.3 Å². The number of urea groups is 1. The van der Waals surface area contributed by atoms with Crippen molar-refractivity contribution in [3.63, 3.8) is 0 Å². The highest BCUT2D eigenvalue weighted by Gasteiger charge is 2.35. The number of carbonyl (C=O) groups is 1. The molecule has 1 fully saturated rings. The van der Waals surface area contributed by atoms with Gasteiger partial charge in [0.15, 0.2) is 11.5 Å². The largest absolute Gasteiger partial charge is 0.497 e. The summed E-state index contributed by atoms with van der Waals surface area (Å²) in [6.07, 6.45) is 5.44. The van der Waals surface area contributed by atoms with Gasteiger partial charge in [-0.1, -0.05) is 6.92 Å². The second kappa shape index (κ2) is 11.6. The van der Waals surface area contributed by atoms with E-state index in [1.807, 2.05) is 11.8 Å². The Balaban J connectivity index is 1.50. The van der Waals surface area contributed by atoms with Gasteiger partial charge in [-0.25, -0.2) is 4.79 Å². The summed E-state index contributed by atoms with van der Waals surface area (Å²) in [5.41, 5.74) is 6.00. The van der Waals surface area contributed by atoms with Gasteiger partial charge in [-0.2, -0.15) is 0 Å². The normalized spacial score (nSPS) is 17.4. The van der Waals surface area contributed by atoms with Crippen molar-refractivity contribution in [2.75, 3.05) is 53.7 Å². The number of benzene rings is 2. The third-order valence-corrected chi connectivity index (χ3v) is 7.84. The van der Waals surface area contributed by atoms with Gasteiger partial charge in [-0.05, 0) is 79.1 Å². The number of aromatic nitrogens is 1. The summed E-state index contributed by atoms with van der Waals surface area (Å²) < 4.78 is 22.7. The van der Waals surface area contributed by atoms with Gasteiger partial charge >= 0.3 is 6.03 Å². The number of aromatic amines is 1. The standard InChI is InChI=1S/C30H39N3O5/c1-5-20-15-23(35-3)17-25-22(19-31-29(20)25)7-8-26-24-18-28(38-6-2)27(36-4)16-21(24)9-10-33(26)30(34)32-11-13-37-14-12-32/h15-19,26,31H,5-14H2,1-4H3. The number of amides is 2. The van der Waals surface area contributed by atoms with E-state index in [0.29, 0.717) is 39.5 Å². The number of aryl methyl sites for hydroxylation is 2. The molecule has 8 heteroatoms. The molecule has 38 heavy (non-hydrogen) atoms. The van der Waals surface area contributed by atoms with E-state index in [-0.39, 0.29) is 12.1 Å². The lowest BCUT2D eigenvalue weighted by Gasteiger charge is -2.41. The van der Waals surface area contributed by atoms with E-state index in [1.54, 1.807) is 14.2 Å². The summed E-state index contributed by atoms with van der Waals surface area (Å²) in [5, 5.41) is 1.19. The van der Waals surface area contributed by atoms with E-state index in [9.17, 15) is 4.79 Å². The highest BCUT2D eigenvalue weighted by Crippen LogP contribution is 2.41. The van der Waals surface area contributed by atoms with Crippen LogP contribution >= 0.6 is 0 Å². The van der Waals surface area contributed by atoms with Gasteiger partial charge in [-0.15, -0.1) is 0 Å². The number of H-pyrrole nitrogens is 1. The molecule has 0 aliphatic carbocycles. The smallest absolute Gasteiger partial charge is 0.320 e. The van der Waals surface area contributed by atoms with Crippen molar-refractivity contribution in [2.45, 2.75) is 45.6 Å². The van der Waals surface area contributed by atoms with Crippen molar-refractivity contribution in [2.24, 2.45) is 0 Å². The van der Waals surface area contributed by atoms with E-state index in [1.165, 1.54) is 22.1 Å². The first-order valence-electron chi connectivity index (χ1n) is 13.7. The number of nitrogens with one attached hydrogen (secondary N) is 1. The molecule has 2 aliphatic heterocycles. The molecule has 2 aliphatic rings. The van der Waals surface area contributed by atoms with E-state index >= 15 is 0 Å². The molecular formula is C30H39N3O5. The topological polar surface area (TPSA) is 76.3 Å². The molecule has 1 atom stereocenters. The fourth-order valence-corrected chi connectivity index (χ4v) is 5.84. The number of hydrogen-bond donors (Lipinski definition) is 1. The Hall–Kier alpha value is -3.39. The molecule has 3 heterocycles. The van der Waals surface area contributed by atoms with Crippen LogP contribution in [0.5, 0.6) is 17.2 Å². The molecular weight excluding hydrogens is 482 g/mol. The lowest BCUT2D eigenvalue weighted by atomic mass is 9.88. The van der Waals surface area contributed by atoms with Gasteiger partial charge in [0, 0.05) is 36.7 Å². The number of fused-ring (bicyclic) bond motifs is 2. The van der Waals surface area contributed by atoms with Crippen LogP contribution in [0.25, 0.3) is 10.9 Å². The van der Waals surface area contributed by atoms with Crippen molar-refractivity contribution < 1.29 is 23.7 Å². The van der Waals surface area contributed by atoms with Gasteiger partial charge in [0.25, 0.3) is 0 Å². The van der Waals surface area contributed by atoms with Gasteiger partial charge < -0.3 is 33.7 Å². The monoisotopic (exact) mass is 521 g/mol. The fourth-order valence-electron chi connectivity index (χ4n) is 5.84. The van der Waals surface area contributed by atoms with Crippen LogP contribution in [0, 0.1) is 0 Å². The van der Waals surface area contributed by atoms with Crippen LogP contribution in [-0.2, 0) is 24.0 Å². The summed E-state index contributed by atoms with van der Waals surface area (Å²) in [5.74, 6) is 2.34. The highest BCUT2D eigenvalue weighted by molar-refractivity contribution is 5.87. The van der Waals surface area contributed by atoms with Crippen molar-refractivity contribution in [3.8, 4) is 17.2 Å². The third kappa shape index (κ3) is 5.01. The van der Waals surface area contributed by atoms with Gasteiger partial charge in [0.05, 0.1) is 40.1 Å². The first-order valence-corrected chi connectivity index (χ1v) is 13.7. The highest BCUT2D eigenvalue weighted by atomic mass is 16.5. The fraction of sp³-hybridized carbons (Fsp3) is 0.500. The lowest BCUT2D eigenvalue weighted by molar-refractivity contribution is 0.0376. The number of carbonyl (C=O) groups excluding carboxylic acids is 1. The van der Waals surface area contributed by atoms with Crippen LogP contribution in [0.1, 0.15) is 48.6 Å². The van der Waals surface area contributed by atoms with E-state index in [4.69, 9.17) is 18.9 Å². The van der Waals surface area contributed by atoms with Gasteiger partial charge in [0.2, 0.25) is 0 Å². The van der Waals surface area contributed by atoms with Gasteiger partial charge in [-0.3, -0.25) is 0 Å². The summed E-state index contributed by atoms with van der Waals surface area (Å²) in [6, 6.07) is 8.42. The molecule has 2 aromatic carbocycles. The zero-order valence-corrected chi connectivity index (χ0v) is 23.0. The van der Waals surface area contributed by atoms with Crippen LogP contribution in [-0.4, -0.2) is 74.5 Å². The molecule has 1 aromatic heterocycles. The van der Waals surface area contributed by atoms with Crippen molar-refractivity contribution >= 4 is 16.9 Å². The number of rotatable bonds is 8. The maximum Gasteiger partial charge on any atom is 0.320 e. The Bertz CT molecular complexity index is 1280. The van der Waals surface area contributed by atoms with Crippen molar-refractivity contribution in [3.05, 3.63) is 52.7 Å². The minimum atomic E-state index is -0.0691. The Morgan fingerprint density at radius 1 is 1.03 bits per heavy atom. The SMILES string of the molecule is CCOc1cc2c(cc1OC)CCN(C(=O)N1CCOCC1)C2CCc1c[nH]c2c(CC)cc(OC)cc12. The third-order valence-electron chi connectivity index (χ3n) is 7.84. The van der Waals surface area contributed by atoms with Crippen molar-refractivity contribution in [1.29, 1.82) is 0 Å². The molecule has 1 unspecified atom stereocenters. The predicted octanol–water partition coefficient (Wildman–Crippen LogP) is 5.13. The molecule has 0 radical (unpaired) electrons. The molecule has 0 bridgehead atoms. The maximum atomic E-state index is 13.8. The summed E-state index contributed by atoms with van der Waals surface area (Å²) in [4.78, 5) is 21.3. The minimum Gasteiger partial charge on any atom is -0.497 e. The Kier molecular flexibility index (Phi) is 7.98. The Morgan fingerprint density at radius 3 is 2.55 bits per heavy atom. The molecule has 1 N–H and O–H groups in total. The predicted molar refractivity (Wildman–Crippen MR) is 148 cm³/mol. The number of hydrogen-bond acceptors (Lipinski definition) is 5. The van der Waals surface area contributed by atoms with E-state index < -0.39 is 0 Å². The van der Waals surface area contributed by atoms with Crippen molar-refractivity contribution in [1.82, 2.24) is 14.8 Å². The van der Waals surface area contributed by atoms with Crippen LogP contribution in [0.2, 0.25) is 0 Å².